The van der Waals surface area contributed by atoms with E-state index in [1.807, 2.05) is 36.4 Å². The highest BCUT2D eigenvalue weighted by atomic mass is 16.5. The van der Waals surface area contributed by atoms with Crippen LogP contribution in [0.1, 0.15) is 33.2 Å². The predicted octanol–water partition coefficient (Wildman–Crippen LogP) is 3.70. The van der Waals surface area contributed by atoms with Gasteiger partial charge in [-0.2, -0.15) is 0 Å². The van der Waals surface area contributed by atoms with E-state index in [9.17, 15) is 14.7 Å². The summed E-state index contributed by atoms with van der Waals surface area (Å²) in [5.74, 6) is -0.495. The van der Waals surface area contributed by atoms with Crippen LogP contribution in [0.5, 0.6) is 5.75 Å². The first kappa shape index (κ1) is 24.9. The number of methoxy groups -OCH3 is 1. The Morgan fingerprint density at radius 1 is 0.974 bits per heavy atom. The Balaban J connectivity index is 1.68. The largest absolute Gasteiger partial charge is 0.496 e. The third-order valence-electron chi connectivity index (χ3n) is 6.76. The molecular formula is C30H26N4O4. The maximum Gasteiger partial charge on any atom is 0.266 e. The SMILES string of the molecule is COc1ccc(C2(c3cccc(-c4cccnc4)c3)N=C(N)N(C)C2=O)cc1C(O)C(=O)c1ccccc1. The van der Waals surface area contributed by atoms with Gasteiger partial charge in [0.15, 0.2) is 17.3 Å². The molecule has 1 aliphatic heterocycles. The van der Waals surface area contributed by atoms with Crippen LogP contribution >= 0.6 is 0 Å². The number of guanidine groups is 1. The van der Waals surface area contributed by atoms with Gasteiger partial charge in [-0.25, -0.2) is 4.99 Å². The van der Waals surface area contributed by atoms with Crippen molar-refractivity contribution in [1.29, 1.82) is 0 Å². The monoisotopic (exact) mass is 506 g/mol. The summed E-state index contributed by atoms with van der Waals surface area (Å²) in [6.07, 6.45) is 1.90. The van der Waals surface area contributed by atoms with E-state index in [2.05, 4.69) is 9.98 Å². The van der Waals surface area contributed by atoms with Crippen LogP contribution in [0.25, 0.3) is 11.1 Å². The van der Waals surface area contributed by atoms with Crippen LogP contribution in [0.4, 0.5) is 0 Å². The van der Waals surface area contributed by atoms with Crippen molar-refractivity contribution in [3.05, 3.63) is 120 Å². The quantitative estimate of drug-likeness (QED) is 0.369. The van der Waals surface area contributed by atoms with E-state index >= 15 is 0 Å². The van der Waals surface area contributed by atoms with Gasteiger partial charge in [0.1, 0.15) is 11.9 Å². The highest BCUT2D eigenvalue weighted by Gasteiger charge is 2.50. The Labute approximate surface area is 220 Å². The van der Waals surface area contributed by atoms with Gasteiger partial charge in [0.25, 0.3) is 5.91 Å². The molecule has 2 heterocycles. The first-order valence-electron chi connectivity index (χ1n) is 12.0. The van der Waals surface area contributed by atoms with Crippen molar-refractivity contribution in [2.24, 2.45) is 10.7 Å². The van der Waals surface area contributed by atoms with Crippen LogP contribution in [0.15, 0.2) is 102 Å². The highest BCUT2D eigenvalue weighted by Crippen LogP contribution is 2.42. The molecule has 3 aromatic carbocycles. The number of amides is 1. The van der Waals surface area contributed by atoms with E-state index in [1.165, 1.54) is 12.0 Å². The molecule has 1 aromatic heterocycles. The van der Waals surface area contributed by atoms with Crippen molar-refractivity contribution in [2.45, 2.75) is 11.6 Å². The first-order valence-corrected chi connectivity index (χ1v) is 12.0. The number of benzene rings is 3. The summed E-state index contributed by atoms with van der Waals surface area (Å²) in [4.78, 5) is 37.1. The van der Waals surface area contributed by atoms with Crippen LogP contribution in [-0.2, 0) is 10.3 Å². The average molecular weight is 507 g/mol. The molecule has 2 atom stereocenters. The van der Waals surface area contributed by atoms with E-state index in [4.69, 9.17) is 10.5 Å². The number of aliphatic hydroxyl groups is 1. The third kappa shape index (κ3) is 4.10. The van der Waals surface area contributed by atoms with Crippen molar-refractivity contribution in [3.63, 3.8) is 0 Å². The zero-order valence-corrected chi connectivity index (χ0v) is 20.9. The number of nitrogens with two attached hydrogens (primary N) is 1. The number of carbonyl (C=O) groups excluding carboxylic acids is 2. The lowest BCUT2D eigenvalue weighted by molar-refractivity contribution is -0.129. The van der Waals surface area contributed by atoms with E-state index in [-0.39, 0.29) is 17.4 Å². The molecule has 0 aliphatic carbocycles. The Morgan fingerprint density at radius 3 is 2.37 bits per heavy atom. The van der Waals surface area contributed by atoms with Gasteiger partial charge < -0.3 is 15.6 Å². The molecule has 8 heteroatoms. The number of aromatic nitrogens is 1. The molecule has 2 unspecified atom stereocenters. The van der Waals surface area contributed by atoms with Gasteiger partial charge in [-0.1, -0.05) is 60.7 Å². The number of nitrogens with zero attached hydrogens (tertiary/aromatic N) is 3. The molecule has 0 spiro atoms. The van der Waals surface area contributed by atoms with Gasteiger partial charge in [-0.15, -0.1) is 0 Å². The molecule has 4 aromatic rings. The number of likely N-dealkylation sites (N-methyl/N-ethyl adjacent to an activating group) is 1. The van der Waals surface area contributed by atoms with Crippen molar-refractivity contribution in [1.82, 2.24) is 9.88 Å². The fourth-order valence-electron chi connectivity index (χ4n) is 4.72. The normalized spacial score (nSPS) is 17.7. The number of aliphatic hydroxyl groups excluding tert-OH is 1. The van der Waals surface area contributed by atoms with E-state index in [1.54, 1.807) is 68.0 Å². The van der Waals surface area contributed by atoms with Crippen LogP contribution in [0, 0.1) is 0 Å². The molecule has 1 aliphatic rings. The molecule has 0 bridgehead atoms. The van der Waals surface area contributed by atoms with Crippen LogP contribution in [0.2, 0.25) is 0 Å². The summed E-state index contributed by atoms with van der Waals surface area (Å²) in [6.45, 7) is 0. The van der Waals surface area contributed by atoms with E-state index in [0.29, 0.717) is 22.4 Å². The van der Waals surface area contributed by atoms with Crippen LogP contribution in [0.3, 0.4) is 0 Å². The molecule has 0 radical (unpaired) electrons. The second kappa shape index (κ2) is 9.91. The number of pyridine rings is 1. The van der Waals surface area contributed by atoms with E-state index < -0.39 is 17.4 Å². The van der Waals surface area contributed by atoms with Gasteiger partial charge in [0.2, 0.25) is 0 Å². The number of rotatable bonds is 7. The molecule has 8 nitrogen and oxygen atoms in total. The highest BCUT2D eigenvalue weighted by molar-refractivity contribution is 6.09. The maximum atomic E-state index is 13.8. The van der Waals surface area contributed by atoms with Gasteiger partial charge in [0, 0.05) is 30.6 Å². The van der Waals surface area contributed by atoms with Crippen molar-refractivity contribution < 1.29 is 19.4 Å². The van der Waals surface area contributed by atoms with Crippen molar-refractivity contribution in [2.75, 3.05) is 14.2 Å². The zero-order valence-electron chi connectivity index (χ0n) is 20.9. The summed E-state index contributed by atoms with van der Waals surface area (Å²) < 4.78 is 5.48. The Morgan fingerprint density at radius 2 is 1.71 bits per heavy atom. The number of hydrogen-bond acceptors (Lipinski definition) is 7. The second-order valence-corrected chi connectivity index (χ2v) is 8.96. The van der Waals surface area contributed by atoms with Crippen LogP contribution in [-0.4, -0.2) is 46.8 Å². The minimum atomic E-state index is -1.53. The molecule has 1 amide bonds. The molecule has 38 heavy (non-hydrogen) atoms. The summed E-state index contributed by atoms with van der Waals surface area (Å²) in [7, 11) is 3.02. The number of ether oxygens (including phenoxy) is 1. The topological polar surface area (TPSA) is 118 Å². The molecule has 0 saturated carbocycles. The van der Waals surface area contributed by atoms with Crippen molar-refractivity contribution >= 4 is 17.6 Å². The Bertz CT molecular complexity index is 1540. The number of carbonyl (C=O) groups is 2. The predicted molar refractivity (Wildman–Crippen MR) is 144 cm³/mol. The van der Waals surface area contributed by atoms with Gasteiger partial charge in [-0.05, 0) is 46.5 Å². The number of ketones is 1. The summed E-state index contributed by atoms with van der Waals surface area (Å²) in [5.41, 5.74) is 7.94. The first-order chi connectivity index (χ1) is 18.4. The fraction of sp³-hybridized carbons (Fsp3) is 0.133. The van der Waals surface area contributed by atoms with Crippen molar-refractivity contribution in [3.8, 4) is 16.9 Å². The van der Waals surface area contributed by atoms with Gasteiger partial charge in [-0.3, -0.25) is 19.5 Å². The summed E-state index contributed by atoms with van der Waals surface area (Å²) in [5, 5.41) is 11.1. The minimum Gasteiger partial charge on any atom is -0.496 e. The summed E-state index contributed by atoms with van der Waals surface area (Å²) in [6, 6.07) is 24.6. The Hall–Kier alpha value is -4.82. The molecule has 0 fully saturated rings. The standard InChI is InChI=1S/C30H26N4O4/c1-34-28(37)30(33-29(34)31,22-12-6-10-20(16-22)21-11-7-15-32-18-21)23-13-14-25(38-2)24(17-23)27(36)26(35)19-8-4-3-5-9-19/h3-18,27,36H,1-2H3,(H2,31,33). The molecule has 5 rings (SSSR count). The lowest BCUT2D eigenvalue weighted by Crippen LogP contribution is -2.41. The second-order valence-electron chi connectivity index (χ2n) is 8.96. The maximum absolute atomic E-state index is 13.8. The Kier molecular flexibility index (Phi) is 6.48. The lowest BCUT2D eigenvalue weighted by atomic mass is 9.80. The van der Waals surface area contributed by atoms with E-state index in [0.717, 1.165) is 11.1 Å². The third-order valence-corrected chi connectivity index (χ3v) is 6.76. The number of Topliss-reactive ketones (excluding diaryl/α,β-unsaturated/α-hetero) is 1. The smallest absolute Gasteiger partial charge is 0.266 e. The van der Waals surface area contributed by atoms with Gasteiger partial charge >= 0.3 is 0 Å². The van der Waals surface area contributed by atoms with Gasteiger partial charge in [0.05, 0.1) is 7.11 Å². The minimum absolute atomic E-state index is 0.0556. The zero-order chi connectivity index (χ0) is 26.9. The lowest BCUT2D eigenvalue weighted by Gasteiger charge is -2.28. The number of hydrogen-bond donors (Lipinski definition) is 2. The summed E-state index contributed by atoms with van der Waals surface area (Å²) >= 11 is 0. The average Bonchev–Trinajstić information content (AvgIpc) is 3.21. The number of aliphatic imine (C=N–C) groups is 1. The molecular weight excluding hydrogens is 480 g/mol. The van der Waals surface area contributed by atoms with Crippen LogP contribution < -0.4 is 10.5 Å². The fourth-order valence-corrected chi connectivity index (χ4v) is 4.72. The molecule has 3 N–H and O–H groups in total. The molecule has 0 saturated heterocycles. The molecule has 190 valence electrons.